The summed E-state index contributed by atoms with van der Waals surface area (Å²) < 4.78 is 73.3. The SMILES string of the molecule is CC[C@H](C)[C@@H]1NC(=O)[C@H](CC(C)C)N(C)C(=O)C[C@@H](C)N(C)C(=O)[C@H](C2CCCCC2)N(C)C(=O)C2(CCC2)NC(=O)C2CC(F)(F)CN2C(=O)[C@H](CCc2ccc(C(F)(F)F)c(Cl)c2)NC(=O)CN(C)C(=O)[C@H](CC2CCCCC2)N(C)C(=O)CN(C)C(=O)CN(C)C1=O. The minimum Gasteiger partial charge on any atom is -0.343 e. The lowest BCUT2D eigenvalue weighted by Crippen LogP contribution is -2.68. The number of halogens is 6. The van der Waals surface area contributed by atoms with E-state index in [9.17, 15) is 51.5 Å². The van der Waals surface area contributed by atoms with Gasteiger partial charge in [0.2, 0.25) is 65.0 Å². The fourth-order valence-corrected chi connectivity index (χ4v) is 14.3. The summed E-state index contributed by atoms with van der Waals surface area (Å²) in [5.41, 5.74) is -2.70. The first-order valence-electron chi connectivity index (χ1n) is 33.7. The van der Waals surface area contributed by atoms with E-state index in [2.05, 4.69) is 16.0 Å². The van der Waals surface area contributed by atoms with Crippen LogP contribution in [0.2, 0.25) is 5.02 Å². The zero-order chi connectivity index (χ0) is 70.8. The van der Waals surface area contributed by atoms with Crippen molar-refractivity contribution in [2.45, 2.75) is 223 Å². The molecule has 5 fully saturated rings. The number of amides is 11. The number of carbonyl (C=O) groups is 11. The maximum Gasteiger partial charge on any atom is 0.417 e. The third kappa shape index (κ3) is 19.6. The van der Waals surface area contributed by atoms with Crippen molar-refractivity contribution in [3.05, 3.63) is 34.3 Å². The number of nitrogens with one attached hydrogen (secondary N) is 3. The summed E-state index contributed by atoms with van der Waals surface area (Å²) in [5, 5.41) is 7.49. The molecule has 532 valence electrons. The lowest BCUT2D eigenvalue weighted by Gasteiger charge is -2.47. The number of hydrogen-bond acceptors (Lipinski definition) is 11. The smallest absolute Gasteiger partial charge is 0.343 e. The first kappa shape index (κ1) is 77.3. The zero-order valence-electron chi connectivity index (χ0n) is 57.4. The van der Waals surface area contributed by atoms with Crippen LogP contribution in [0.25, 0.3) is 0 Å². The minimum atomic E-state index is -4.82. The van der Waals surface area contributed by atoms with E-state index in [1.54, 1.807) is 13.8 Å². The largest absolute Gasteiger partial charge is 0.417 e. The quantitative estimate of drug-likeness (QED) is 0.220. The number of nitrogens with zero attached hydrogens (tertiary/aromatic N) is 8. The summed E-state index contributed by atoms with van der Waals surface area (Å²) in [4.78, 5) is 170. The van der Waals surface area contributed by atoms with Crippen LogP contribution in [0.15, 0.2) is 18.2 Å². The zero-order valence-corrected chi connectivity index (χ0v) is 58.1. The van der Waals surface area contributed by atoms with Gasteiger partial charge in [-0.05, 0) is 106 Å². The average molecular weight is 1370 g/mol. The van der Waals surface area contributed by atoms with E-state index in [-0.39, 0.29) is 61.8 Å². The molecule has 6 rings (SSSR count). The van der Waals surface area contributed by atoms with Crippen LogP contribution in [0.5, 0.6) is 0 Å². The van der Waals surface area contributed by atoms with Crippen molar-refractivity contribution < 1.29 is 74.7 Å². The van der Waals surface area contributed by atoms with E-state index >= 15 is 23.2 Å². The first-order valence-corrected chi connectivity index (χ1v) is 34.0. The monoisotopic (exact) mass is 1370 g/mol. The van der Waals surface area contributed by atoms with Crippen LogP contribution >= 0.6 is 11.6 Å². The minimum absolute atomic E-state index is 0.0310. The van der Waals surface area contributed by atoms with E-state index in [4.69, 9.17) is 11.6 Å². The van der Waals surface area contributed by atoms with Gasteiger partial charge < -0.3 is 55.1 Å². The summed E-state index contributed by atoms with van der Waals surface area (Å²) in [5.74, 6) is -13.0. The van der Waals surface area contributed by atoms with Crippen molar-refractivity contribution in [1.82, 2.24) is 55.1 Å². The first-order chi connectivity index (χ1) is 44.4. The van der Waals surface area contributed by atoms with Gasteiger partial charge in [-0.25, -0.2) is 8.78 Å². The Morgan fingerprint density at radius 2 is 1.24 bits per heavy atom. The maximum absolute atomic E-state index is 16.0. The molecule has 3 N–H and O–H groups in total. The normalized spacial score (nSPS) is 27.2. The number of aryl methyl sites for hydroxylation is 1. The predicted molar refractivity (Wildman–Crippen MR) is 345 cm³/mol. The average Bonchev–Trinajstić information content (AvgIpc) is 1.75. The molecule has 1 aromatic rings. The number of alkyl halides is 5. The van der Waals surface area contributed by atoms with Gasteiger partial charge in [0.25, 0.3) is 5.92 Å². The van der Waals surface area contributed by atoms with Gasteiger partial charge in [0.05, 0.1) is 36.8 Å². The molecule has 2 heterocycles. The van der Waals surface area contributed by atoms with Crippen LogP contribution < -0.4 is 16.0 Å². The van der Waals surface area contributed by atoms with Gasteiger partial charge in [-0.15, -0.1) is 0 Å². The van der Waals surface area contributed by atoms with Gasteiger partial charge in [-0.2, -0.15) is 13.2 Å². The van der Waals surface area contributed by atoms with Gasteiger partial charge >= 0.3 is 6.18 Å². The molecule has 1 unspecified atom stereocenters. The molecule has 3 saturated carbocycles. The second-order valence-electron chi connectivity index (χ2n) is 28.1. The Morgan fingerprint density at radius 3 is 1.81 bits per heavy atom. The summed E-state index contributed by atoms with van der Waals surface area (Å²) in [6.45, 7) is 5.82. The summed E-state index contributed by atoms with van der Waals surface area (Å²) in [6.07, 6.45) is 1.85. The number of benzene rings is 1. The van der Waals surface area contributed by atoms with E-state index < -0.39 is 180 Å². The lowest BCUT2D eigenvalue weighted by molar-refractivity contribution is -0.156. The van der Waals surface area contributed by atoms with Crippen LogP contribution in [0.1, 0.15) is 168 Å². The standard InChI is InChI=1S/C67H101ClF5N11O11/c1-13-41(4)56-62(93)79(8)37-54(87)77(6)38-55(88)82(11)50(34-43-21-16-14-17-22-43)61(92)78(7)36-52(85)74-48(28-26-44-25-27-46(47(68)33-44)67(71,72)73)60(91)84-39-66(69,70)35-51(84)59(90)76-65(29-20-30-65)64(95)83(12)57(45-23-18-15-19-24-45)63(94)80(9)42(5)32-53(86)81(10)49(31-40(2)3)58(89)75-56/h25,27,33,40-43,45,48-51,56-57H,13-24,26,28-32,34-39H2,1-12H3,(H,74,85)(H,75,89)(H,76,90)/t41-,42+,48-,49-,50-,51?,56-,57-/m0/s1. The van der Waals surface area contributed by atoms with Crippen molar-refractivity contribution in [1.29, 1.82) is 0 Å². The molecule has 11 amide bonds. The Hall–Kier alpha value is -6.67. The van der Waals surface area contributed by atoms with Gasteiger partial charge in [0.15, 0.2) is 0 Å². The Kier molecular flexibility index (Phi) is 26.9. The molecule has 95 heavy (non-hydrogen) atoms. The van der Waals surface area contributed by atoms with Gasteiger partial charge in [0, 0.05) is 68.2 Å². The molecule has 3 aliphatic carbocycles. The number of carbonyl (C=O) groups excluding carboxylic acids is 11. The Morgan fingerprint density at radius 1 is 0.653 bits per heavy atom. The summed E-state index contributed by atoms with van der Waals surface area (Å²) in [6, 6.07) is -6.23. The van der Waals surface area contributed by atoms with E-state index in [1.807, 2.05) is 20.8 Å². The highest BCUT2D eigenvalue weighted by atomic mass is 35.5. The van der Waals surface area contributed by atoms with Crippen LogP contribution in [-0.4, -0.2) is 233 Å². The Labute approximate surface area is 560 Å². The van der Waals surface area contributed by atoms with E-state index in [0.717, 1.165) is 84.3 Å². The van der Waals surface area contributed by atoms with Crippen molar-refractivity contribution in [2.24, 2.45) is 23.7 Å². The van der Waals surface area contributed by atoms with Crippen LogP contribution in [0.4, 0.5) is 22.0 Å². The number of hydrogen-bond donors (Lipinski definition) is 3. The number of fused-ring (bicyclic) bond motifs is 1. The third-order valence-electron chi connectivity index (χ3n) is 20.5. The van der Waals surface area contributed by atoms with Crippen LogP contribution in [0.3, 0.4) is 0 Å². The predicted octanol–water partition coefficient (Wildman–Crippen LogP) is 6.29. The fourth-order valence-electron chi connectivity index (χ4n) is 14.0. The third-order valence-corrected chi connectivity index (χ3v) is 20.8. The molecule has 0 aromatic heterocycles. The van der Waals surface area contributed by atoms with Crippen molar-refractivity contribution >= 4 is 76.6 Å². The molecule has 8 atom stereocenters. The number of likely N-dealkylation sites (N-methyl/N-ethyl adjacent to an activating group) is 7. The molecule has 0 bridgehead atoms. The fraction of sp³-hybridized carbons (Fsp3) is 0.746. The molecule has 5 aliphatic rings. The molecule has 2 aliphatic heterocycles. The Bertz CT molecular complexity index is 2960. The highest BCUT2D eigenvalue weighted by Crippen LogP contribution is 2.40. The second kappa shape index (κ2) is 33.1. The van der Waals surface area contributed by atoms with Crippen LogP contribution in [-0.2, 0) is 65.3 Å². The maximum atomic E-state index is 16.0. The Balaban J connectivity index is 1.40. The van der Waals surface area contributed by atoms with E-state index in [1.165, 1.54) is 68.9 Å². The molecule has 2 saturated heterocycles. The van der Waals surface area contributed by atoms with Crippen molar-refractivity contribution in [3.8, 4) is 0 Å². The van der Waals surface area contributed by atoms with Gasteiger partial charge in [0.1, 0.15) is 41.8 Å². The molecule has 22 nitrogen and oxygen atoms in total. The van der Waals surface area contributed by atoms with Gasteiger partial charge in [-0.1, -0.05) is 103 Å². The molecular formula is C67H101ClF5N11O11. The van der Waals surface area contributed by atoms with Crippen molar-refractivity contribution in [2.75, 3.05) is 75.5 Å². The topological polar surface area (TPSA) is 250 Å². The number of rotatable bonds is 10. The molecule has 28 heteroatoms. The highest BCUT2D eigenvalue weighted by molar-refractivity contribution is 6.31. The lowest BCUT2D eigenvalue weighted by atomic mass is 9.74. The summed E-state index contributed by atoms with van der Waals surface area (Å²) >= 11 is 6.08. The van der Waals surface area contributed by atoms with Crippen molar-refractivity contribution in [3.63, 3.8) is 0 Å². The highest BCUT2D eigenvalue weighted by Gasteiger charge is 2.56. The van der Waals surface area contributed by atoms with E-state index in [0.29, 0.717) is 30.6 Å². The molecule has 1 aromatic carbocycles. The molecular weight excluding hydrogens is 1270 g/mol. The molecule has 0 radical (unpaired) electrons. The van der Waals surface area contributed by atoms with Gasteiger partial charge in [-0.3, -0.25) is 52.7 Å². The second-order valence-corrected chi connectivity index (χ2v) is 28.5. The molecule has 1 spiro atoms. The summed E-state index contributed by atoms with van der Waals surface area (Å²) in [7, 11) is 9.82. The van der Waals surface area contributed by atoms with Crippen LogP contribution in [0, 0.1) is 23.7 Å².